The summed E-state index contributed by atoms with van der Waals surface area (Å²) in [6, 6.07) is 9.07. The fourth-order valence-electron chi connectivity index (χ4n) is 2.74. The standard InChI is InChI=1S/C20H22F3N3O2/c1-12(2)20(13-3-5-14(21)6-4-13)25-10-18(27)24-11-19(28)26-15-7-8-16(22)17(23)9-15/h3-9,12,20,25H,10-11H2,1-2H3,(H,24,27)(H,26,28)/p+1/t20-/m0/s1. The molecule has 2 aromatic carbocycles. The molecule has 0 heterocycles. The minimum Gasteiger partial charge on any atom is -0.342 e. The molecule has 28 heavy (non-hydrogen) atoms. The zero-order valence-corrected chi connectivity index (χ0v) is 15.6. The molecule has 150 valence electrons. The molecule has 0 bridgehead atoms. The molecule has 0 aliphatic carbocycles. The van der Waals surface area contributed by atoms with Gasteiger partial charge in [0.15, 0.2) is 18.2 Å². The Morgan fingerprint density at radius 1 is 0.964 bits per heavy atom. The molecule has 4 N–H and O–H groups in total. The Hall–Kier alpha value is -2.87. The second-order valence-electron chi connectivity index (χ2n) is 6.71. The summed E-state index contributed by atoms with van der Waals surface area (Å²) >= 11 is 0. The average molecular weight is 394 g/mol. The maximum absolute atomic E-state index is 13.1. The fraction of sp³-hybridized carbons (Fsp3) is 0.300. The topological polar surface area (TPSA) is 74.8 Å². The van der Waals surface area contributed by atoms with Gasteiger partial charge in [0, 0.05) is 23.2 Å². The van der Waals surface area contributed by atoms with E-state index in [-0.39, 0.29) is 42.5 Å². The number of nitrogens with one attached hydrogen (secondary N) is 2. The van der Waals surface area contributed by atoms with Crippen LogP contribution in [-0.2, 0) is 9.59 Å². The van der Waals surface area contributed by atoms with Crippen molar-refractivity contribution in [2.75, 3.05) is 18.4 Å². The number of carbonyl (C=O) groups excluding carboxylic acids is 2. The van der Waals surface area contributed by atoms with Crippen molar-refractivity contribution in [2.45, 2.75) is 19.9 Å². The quantitative estimate of drug-likeness (QED) is 0.642. The summed E-state index contributed by atoms with van der Waals surface area (Å²) in [4.78, 5) is 23.8. The first kappa shape index (κ1) is 21.4. The highest BCUT2D eigenvalue weighted by molar-refractivity contribution is 5.94. The SMILES string of the molecule is CC(C)[C@H]([NH2+]CC(=O)NCC(=O)Nc1ccc(F)c(F)c1)c1ccc(F)cc1. The third-order valence-corrected chi connectivity index (χ3v) is 4.18. The third kappa shape index (κ3) is 6.38. The van der Waals surface area contributed by atoms with Crippen molar-refractivity contribution < 1.29 is 28.1 Å². The lowest BCUT2D eigenvalue weighted by atomic mass is 9.96. The molecule has 0 saturated carbocycles. The third-order valence-electron chi connectivity index (χ3n) is 4.18. The lowest BCUT2D eigenvalue weighted by molar-refractivity contribution is -0.692. The van der Waals surface area contributed by atoms with Gasteiger partial charge < -0.3 is 16.0 Å². The summed E-state index contributed by atoms with van der Waals surface area (Å²) in [5, 5.41) is 6.67. The van der Waals surface area contributed by atoms with Gasteiger partial charge in [0.2, 0.25) is 5.91 Å². The highest BCUT2D eigenvalue weighted by Crippen LogP contribution is 2.17. The Morgan fingerprint density at radius 2 is 1.64 bits per heavy atom. The molecule has 0 aliphatic heterocycles. The van der Waals surface area contributed by atoms with Crippen LogP contribution in [0, 0.1) is 23.4 Å². The Kier molecular flexibility index (Phi) is 7.57. The molecule has 2 aromatic rings. The van der Waals surface area contributed by atoms with Crippen molar-refractivity contribution in [3.8, 4) is 0 Å². The van der Waals surface area contributed by atoms with E-state index in [1.807, 2.05) is 19.2 Å². The van der Waals surface area contributed by atoms with Gasteiger partial charge in [-0.2, -0.15) is 0 Å². The van der Waals surface area contributed by atoms with E-state index in [9.17, 15) is 22.8 Å². The van der Waals surface area contributed by atoms with Crippen molar-refractivity contribution in [1.82, 2.24) is 5.32 Å². The van der Waals surface area contributed by atoms with Crippen LogP contribution in [-0.4, -0.2) is 24.9 Å². The first-order valence-electron chi connectivity index (χ1n) is 8.86. The number of anilines is 1. The minimum atomic E-state index is -1.07. The number of rotatable bonds is 8. The first-order valence-corrected chi connectivity index (χ1v) is 8.86. The molecule has 1 atom stereocenters. The van der Waals surface area contributed by atoms with E-state index in [0.29, 0.717) is 0 Å². The van der Waals surface area contributed by atoms with Crippen LogP contribution in [0.25, 0.3) is 0 Å². The molecule has 0 radical (unpaired) electrons. The second-order valence-corrected chi connectivity index (χ2v) is 6.71. The van der Waals surface area contributed by atoms with Gasteiger partial charge in [0.25, 0.3) is 5.91 Å². The summed E-state index contributed by atoms with van der Waals surface area (Å²) in [7, 11) is 0. The first-order chi connectivity index (χ1) is 13.3. The summed E-state index contributed by atoms with van der Waals surface area (Å²) in [6.45, 7) is 3.78. The maximum Gasteiger partial charge on any atom is 0.275 e. The van der Waals surface area contributed by atoms with Crippen LogP contribution in [0.1, 0.15) is 25.5 Å². The molecule has 0 saturated heterocycles. The number of quaternary nitrogens is 1. The number of halogens is 3. The number of amides is 2. The van der Waals surface area contributed by atoms with Crippen LogP contribution in [0.15, 0.2) is 42.5 Å². The zero-order valence-electron chi connectivity index (χ0n) is 15.6. The lowest BCUT2D eigenvalue weighted by Gasteiger charge is -2.19. The maximum atomic E-state index is 13.1. The van der Waals surface area contributed by atoms with Crippen LogP contribution < -0.4 is 16.0 Å². The molecular formula is C20H23F3N3O2+. The summed E-state index contributed by atoms with van der Waals surface area (Å²) in [6.07, 6.45) is 0. The highest BCUT2D eigenvalue weighted by Gasteiger charge is 2.20. The second kappa shape index (κ2) is 9.89. The Balaban J connectivity index is 1.81. The van der Waals surface area contributed by atoms with Gasteiger partial charge in [0.1, 0.15) is 11.9 Å². The van der Waals surface area contributed by atoms with Crippen molar-refractivity contribution in [1.29, 1.82) is 0 Å². The van der Waals surface area contributed by atoms with E-state index in [2.05, 4.69) is 10.6 Å². The molecule has 0 unspecified atom stereocenters. The highest BCUT2D eigenvalue weighted by atomic mass is 19.2. The van der Waals surface area contributed by atoms with E-state index in [1.54, 1.807) is 12.1 Å². The predicted octanol–water partition coefficient (Wildman–Crippen LogP) is 2.12. The smallest absolute Gasteiger partial charge is 0.275 e. The molecule has 2 rings (SSSR count). The number of carbonyl (C=O) groups is 2. The fourth-order valence-corrected chi connectivity index (χ4v) is 2.74. The van der Waals surface area contributed by atoms with Crippen molar-refractivity contribution in [3.63, 3.8) is 0 Å². The number of benzene rings is 2. The molecular weight excluding hydrogens is 371 g/mol. The van der Waals surface area contributed by atoms with Crippen molar-refractivity contribution >= 4 is 17.5 Å². The van der Waals surface area contributed by atoms with Crippen molar-refractivity contribution in [2.24, 2.45) is 5.92 Å². The monoisotopic (exact) mass is 394 g/mol. The zero-order chi connectivity index (χ0) is 20.7. The Morgan fingerprint density at radius 3 is 2.25 bits per heavy atom. The van der Waals surface area contributed by atoms with E-state index >= 15 is 0 Å². The number of hydrogen-bond acceptors (Lipinski definition) is 2. The molecule has 5 nitrogen and oxygen atoms in total. The van der Waals surface area contributed by atoms with Gasteiger partial charge >= 0.3 is 0 Å². The van der Waals surface area contributed by atoms with Crippen LogP contribution >= 0.6 is 0 Å². The molecule has 2 amide bonds. The van der Waals surface area contributed by atoms with Crippen LogP contribution in [0.4, 0.5) is 18.9 Å². The minimum absolute atomic E-state index is 0.0395. The van der Waals surface area contributed by atoms with Crippen molar-refractivity contribution in [3.05, 3.63) is 65.5 Å². The molecule has 0 fully saturated rings. The van der Waals surface area contributed by atoms with Crippen LogP contribution in [0.2, 0.25) is 0 Å². The van der Waals surface area contributed by atoms with Gasteiger partial charge in [-0.1, -0.05) is 26.0 Å². The molecule has 0 aromatic heterocycles. The molecule has 8 heteroatoms. The van der Waals surface area contributed by atoms with Gasteiger partial charge in [-0.05, 0) is 24.3 Å². The van der Waals surface area contributed by atoms with E-state index in [4.69, 9.17) is 0 Å². The lowest BCUT2D eigenvalue weighted by Crippen LogP contribution is -2.88. The predicted molar refractivity (Wildman–Crippen MR) is 98.8 cm³/mol. The van der Waals surface area contributed by atoms with E-state index < -0.39 is 17.5 Å². The molecule has 0 spiro atoms. The number of hydrogen-bond donors (Lipinski definition) is 3. The van der Waals surface area contributed by atoms with Crippen LogP contribution in [0.3, 0.4) is 0 Å². The summed E-state index contributed by atoms with van der Waals surface area (Å²) < 4.78 is 39.1. The number of nitrogens with two attached hydrogens (primary N) is 1. The van der Waals surface area contributed by atoms with E-state index in [0.717, 1.165) is 17.7 Å². The summed E-state index contributed by atoms with van der Waals surface area (Å²) in [5.74, 6) is -3.11. The Bertz CT molecular complexity index is 826. The van der Waals surface area contributed by atoms with Gasteiger partial charge in [-0.3, -0.25) is 9.59 Å². The summed E-state index contributed by atoms with van der Waals surface area (Å²) in [5.41, 5.74) is 1.00. The van der Waals surface area contributed by atoms with Gasteiger partial charge in [-0.25, -0.2) is 13.2 Å². The van der Waals surface area contributed by atoms with Gasteiger partial charge in [-0.15, -0.1) is 0 Å². The average Bonchev–Trinajstić information content (AvgIpc) is 2.64. The van der Waals surface area contributed by atoms with E-state index in [1.165, 1.54) is 18.2 Å². The Labute approximate surface area is 161 Å². The molecule has 0 aliphatic rings. The normalized spacial score (nSPS) is 11.9. The van der Waals surface area contributed by atoms with Crippen LogP contribution in [0.5, 0.6) is 0 Å². The van der Waals surface area contributed by atoms with Gasteiger partial charge in [0.05, 0.1) is 6.54 Å². The largest absolute Gasteiger partial charge is 0.342 e.